The second-order valence-electron chi connectivity index (χ2n) is 7.08. The molecule has 3 aromatic rings. The summed E-state index contributed by atoms with van der Waals surface area (Å²) in [6.45, 7) is 0. The summed E-state index contributed by atoms with van der Waals surface area (Å²) in [7, 11) is 0. The maximum Gasteiger partial charge on any atom is 0.135 e. The standard InChI is InChI=1S/C20H21NO/c1-2-4-19-16(3-1)17-12-15(8-10-20(17)22-19)21-18-9-6-13-5-7-14(18)11-13/h1-4,8,10,12-14,18,21H,5-7,9,11H2. The van der Waals surface area contributed by atoms with Gasteiger partial charge in [0.05, 0.1) is 0 Å². The fourth-order valence-electron chi connectivity index (χ4n) is 4.61. The number of anilines is 1. The number of benzene rings is 2. The van der Waals surface area contributed by atoms with Crippen LogP contribution in [0, 0.1) is 11.8 Å². The fourth-order valence-corrected chi connectivity index (χ4v) is 4.61. The van der Waals surface area contributed by atoms with Gasteiger partial charge >= 0.3 is 0 Å². The average molecular weight is 291 g/mol. The van der Waals surface area contributed by atoms with Gasteiger partial charge in [-0.3, -0.25) is 0 Å². The van der Waals surface area contributed by atoms with Gasteiger partial charge in [-0.15, -0.1) is 0 Å². The van der Waals surface area contributed by atoms with Gasteiger partial charge < -0.3 is 9.73 Å². The van der Waals surface area contributed by atoms with Crippen LogP contribution >= 0.6 is 0 Å². The van der Waals surface area contributed by atoms with Gasteiger partial charge in [0, 0.05) is 22.5 Å². The molecule has 0 spiro atoms. The maximum absolute atomic E-state index is 5.92. The number of para-hydroxylation sites is 1. The number of hydrogen-bond donors (Lipinski definition) is 1. The van der Waals surface area contributed by atoms with Gasteiger partial charge in [0.15, 0.2) is 0 Å². The zero-order valence-electron chi connectivity index (χ0n) is 12.7. The molecule has 5 rings (SSSR count). The van der Waals surface area contributed by atoms with Crippen LogP contribution in [-0.2, 0) is 0 Å². The van der Waals surface area contributed by atoms with Crippen LogP contribution in [-0.4, -0.2) is 6.04 Å². The van der Waals surface area contributed by atoms with E-state index in [1.807, 2.05) is 12.1 Å². The van der Waals surface area contributed by atoms with Crippen LogP contribution in [0.3, 0.4) is 0 Å². The Balaban J connectivity index is 1.50. The maximum atomic E-state index is 5.92. The van der Waals surface area contributed by atoms with Crippen LogP contribution in [0.4, 0.5) is 5.69 Å². The van der Waals surface area contributed by atoms with Crippen molar-refractivity contribution in [3.8, 4) is 0 Å². The van der Waals surface area contributed by atoms with Gasteiger partial charge in [0.1, 0.15) is 11.2 Å². The van der Waals surface area contributed by atoms with Gasteiger partial charge in [-0.05, 0) is 61.8 Å². The predicted octanol–water partition coefficient (Wildman–Crippen LogP) is 5.58. The molecule has 2 bridgehead atoms. The van der Waals surface area contributed by atoms with Crippen LogP contribution < -0.4 is 5.32 Å². The molecule has 2 nitrogen and oxygen atoms in total. The van der Waals surface area contributed by atoms with E-state index in [9.17, 15) is 0 Å². The molecule has 2 fully saturated rings. The van der Waals surface area contributed by atoms with Gasteiger partial charge in [0.2, 0.25) is 0 Å². The van der Waals surface area contributed by atoms with Crippen LogP contribution in [0.25, 0.3) is 21.9 Å². The van der Waals surface area contributed by atoms with E-state index in [4.69, 9.17) is 4.42 Å². The van der Waals surface area contributed by atoms with E-state index in [-0.39, 0.29) is 0 Å². The molecule has 2 aliphatic carbocycles. The van der Waals surface area contributed by atoms with Crippen molar-refractivity contribution in [1.82, 2.24) is 0 Å². The zero-order valence-corrected chi connectivity index (χ0v) is 12.7. The molecule has 0 radical (unpaired) electrons. The molecule has 3 atom stereocenters. The Morgan fingerprint density at radius 2 is 1.73 bits per heavy atom. The molecular weight excluding hydrogens is 270 g/mol. The lowest BCUT2D eigenvalue weighted by Gasteiger charge is -2.30. The normalized spacial score (nSPS) is 27.5. The minimum atomic E-state index is 0.661. The zero-order chi connectivity index (χ0) is 14.5. The third kappa shape index (κ3) is 1.93. The number of rotatable bonds is 2. The Labute approximate surface area is 130 Å². The van der Waals surface area contributed by atoms with Crippen molar-refractivity contribution in [3.05, 3.63) is 42.5 Å². The minimum Gasteiger partial charge on any atom is -0.456 e. The Morgan fingerprint density at radius 3 is 2.73 bits per heavy atom. The Bertz CT molecular complexity index is 834. The topological polar surface area (TPSA) is 25.2 Å². The number of furan rings is 1. The SMILES string of the molecule is c1ccc2c(c1)oc1ccc(NC3CCC4CCC3C4)cc12. The molecule has 1 aromatic heterocycles. The minimum absolute atomic E-state index is 0.661. The van der Waals surface area contributed by atoms with E-state index in [1.165, 1.54) is 48.6 Å². The van der Waals surface area contributed by atoms with Crippen molar-refractivity contribution < 1.29 is 4.42 Å². The number of nitrogens with one attached hydrogen (secondary N) is 1. The lowest BCUT2D eigenvalue weighted by molar-refractivity contribution is 0.330. The van der Waals surface area contributed by atoms with Crippen molar-refractivity contribution in [3.63, 3.8) is 0 Å². The number of hydrogen-bond acceptors (Lipinski definition) is 2. The van der Waals surface area contributed by atoms with Gasteiger partial charge in [-0.25, -0.2) is 0 Å². The van der Waals surface area contributed by atoms with Crippen molar-refractivity contribution in [1.29, 1.82) is 0 Å². The highest BCUT2D eigenvalue weighted by molar-refractivity contribution is 6.05. The first-order valence-electron chi connectivity index (χ1n) is 8.55. The van der Waals surface area contributed by atoms with E-state index in [1.54, 1.807) is 0 Å². The summed E-state index contributed by atoms with van der Waals surface area (Å²) in [5.41, 5.74) is 3.21. The van der Waals surface area contributed by atoms with Gasteiger partial charge in [0.25, 0.3) is 0 Å². The first-order chi connectivity index (χ1) is 10.9. The molecule has 2 saturated carbocycles. The summed E-state index contributed by atoms with van der Waals surface area (Å²) in [6, 6.07) is 15.5. The van der Waals surface area contributed by atoms with Gasteiger partial charge in [-0.2, -0.15) is 0 Å². The van der Waals surface area contributed by atoms with Crippen molar-refractivity contribution in [2.24, 2.45) is 11.8 Å². The summed E-state index contributed by atoms with van der Waals surface area (Å²) in [5.74, 6) is 1.90. The largest absolute Gasteiger partial charge is 0.456 e. The lowest BCUT2D eigenvalue weighted by Crippen LogP contribution is -2.30. The van der Waals surface area contributed by atoms with Gasteiger partial charge in [-0.1, -0.05) is 24.6 Å². The highest BCUT2D eigenvalue weighted by Gasteiger charge is 2.35. The molecule has 2 aromatic carbocycles. The van der Waals surface area contributed by atoms with Crippen LogP contribution in [0.2, 0.25) is 0 Å². The van der Waals surface area contributed by atoms with Crippen molar-refractivity contribution >= 4 is 27.6 Å². The van der Waals surface area contributed by atoms with E-state index in [0.29, 0.717) is 6.04 Å². The first-order valence-corrected chi connectivity index (χ1v) is 8.55. The molecule has 2 aliphatic rings. The summed E-state index contributed by atoms with van der Waals surface area (Å²) in [5, 5.41) is 6.25. The summed E-state index contributed by atoms with van der Waals surface area (Å²) in [4.78, 5) is 0. The quantitative estimate of drug-likeness (QED) is 0.667. The molecule has 22 heavy (non-hydrogen) atoms. The van der Waals surface area contributed by atoms with E-state index in [0.717, 1.165) is 23.0 Å². The first kappa shape index (κ1) is 12.6. The second kappa shape index (κ2) is 4.77. The van der Waals surface area contributed by atoms with Crippen LogP contribution in [0.15, 0.2) is 46.9 Å². The second-order valence-corrected chi connectivity index (χ2v) is 7.08. The predicted molar refractivity (Wildman–Crippen MR) is 91.2 cm³/mol. The highest BCUT2D eigenvalue weighted by atomic mass is 16.3. The van der Waals surface area contributed by atoms with E-state index in [2.05, 4.69) is 35.6 Å². The molecule has 1 heterocycles. The molecule has 1 N–H and O–H groups in total. The monoisotopic (exact) mass is 291 g/mol. The molecule has 0 aliphatic heterocycles. The molecule has 112 valence electrons. The molecule has 0 amide bonds. The van der Waals surface area contributed by atoms with E-state index < -0.39 is 0 Å². The third-order valence-corrected chi connectivity index (χ3v) is 5.77. The Kier molecular flexibility index (Phi) is 2.73. The Morgan fingerprint density at radius 1 is 0.864 bits per heavy atom. The van der Waals surface area contributed by atoms with Crippen LogP contribution in [0.5, 0.6) is 0 Å². The summed E-state index contributed by atoms with van der Waals surface area (Å²) in [6.07, 6.45) is 7.05. The average Bonchev–Trinajstić information content (AvgIpc) is 3.11. The van der Waals surface area contributed by atoms with Crippen molar-refractivity contribution in [2.75, 3.05) is 5.32 Å². The van der Waals surface area contributed by atoms with E-state index >= 15 is 0 Å². The smallest absolute Gasteiger partial charge is 0.135 e. The Hall–Kier alpha value is -1.96. The number of fused-ring (bicyclic) bond motifs is 5. The highest BCUT2D eigenvalue weighted by Crippen LogP contribution is 2.43. The molecule has 0 saturated heterocycles. The molecule has 2 heteroatoms. The fraction of sp³-hybridized carbons (Fsp3) is 0.400. The summed E-state index contributed by atoms with van der Waals surface area (Å²) < 4.78 is 5.92. The third-order valence-electron chi connectivity index (χ3n) is 5.77. The van der Waals surface area contributed by atoms with Crippen LogP contribution in [0.1, 0.15) is 32.1 Å². The van der Waals surface area contributed by atoms with Crippen molar-refractivity contribution in [2.45, 2.75) is 38.1 Å². The molecular formula is C20H21NO. The lowest BCUT2D eigenvalue weighted by atomic mass is 9.85. The summed E-state index contributed by atoms with van der Waals surface area (Å²) >= 11 is 0. The molecule has 3 unspecified atom stereocenters.